The van der Waals surface area contributed by atoms with E-state index in [1.165, 1.54) is 20.3 Å². The number of methoxy groups -OCH3 is 2. The highest BCUT2D eigenvalue weighted by Crippen LogP contribution is 2.31. The monoisotopic (exact) mass is 434 g/mol. The minimum atomic E-state index is -4.05. The largest absolute Gasteiger partial charge is 0.497 e. The van der Waals surface area contributed by atoms with Crippen molar-refractivity contribution < 1.29 is 22.7 Å². The van der Waals surface area contributed by atoms with Crippen LogP contribution < -0.4 is 19.5 Å². The van der Waals surface area contributed by atoms with Gasteiger partial charge in [0.1, 0.15) is 11.5 Å². The van der Waals surface area contributed by atoms with Gasteiger partial charge in [0.25, 0.3) is 20.3 Å². The summed E-state index contributed by atoms with van der Waals surface area (Å²) in [7, 11) is -1.16. The fourth-order valence-electron chi connectivity index (χ4n) is 2.33. The lowest BCUT2D eigenvalue weighted by atomic mass is 10.1. The quantitative estimate of drug-likeness (QED) is 0.549. The molecule has 0 aliphatic rings. The Balaban J connectivity index is 1.78. The van der Waals surface area contributed by atoms with Gasteiger partial charge in [0.05, 0.1) is 19.9 Å². The van der Waals surface area contributed by atoms with E-state index < -0.39 is 15.9 Å². The Labute approximate surface area is 171 Å². The number of hydrogen-bond acceptors (Lipinski definition) is 8. The number of nitrogens with zero attached hydrogens (tertiary/aromatic N) is 2. The number of sulfonamides is 1. The van der Waals surface area contributed by atoms with Gasteiger partial charge < -0.3 is 9.47 Å². The van der Waals surface area contributed by atoms with Crippen LogP contribution in [0.3, 0.4) is 0 Å². The van der Waals surface area contributed by atoms with Crippen molar-refractivity contribution >= 4 is 38.1 Å². The summed E-state index contributed by atoms with van der Waals surface area (Å²) in [4.78, 5) is 12.3. The van der Waals surface area contributed by atoms with Crippen LogP contribution in [0.2, 0.25) is 0 Å². The molecule has 0 aliphatic carbocycles. The molecular formula is C18H18N4O5S2. The van der Waals surface area contributed by atoms with Crippen LogP contribution in [0.5, 0.6) is 11.5 Å². The van der Waals surface area contributed by atoms with E-state index in [2.05, 4.69) is 20.2 Å². The van der Waals surface area contributed by atoms with Crippen LogP contribution in [0.1, 0.15) is 15.9 Å². The summed E-state index contributed by atoms with van der Waals surface area (Å²) in [5.74, 6) is 0.353. The smallest absolute Gasteiger partial charge is 0.291 e. The summed E-state index contributed by atoms with van der Waals surface area (Å²) in [5, 5.41) is 10.0. The molecule has 0 saturated carbocycles. The third kappa shape index (κ3) is 4.81. The Hall–Kier alpha value is -3.18. The van der Waals surface area contributed by atoms with Crippen molar-refractivity contribution in [1.82, 2.24) is 10.2 Å². The van der Waals surface area contributed by atoms with Crippen molar-refractivity contribution in [2.75, 3.05) is 24.3 Å². The van der Waals surface area contributed by atoms with E-state index in [9.17, 15) is 13.2 Å². The van der Waals surface area contributed by atoms with E-state index in [-0.39, 0.29) is 15.2 Å². The topological polar surface area (TPSA) is 120 Å². The molecule has 0 saturated heterocycles. The highest BCUT2D eigenvalue weighted by molar-refractivity contribution is 7.94. The predicted molar refractivity (Wildman–Crippen MR) is 109 cm³/mol. The summed E-state index contributed by atoms with van der Waals surface area (Å²) in [5.41, 5.74) is 1.63. The molecule has 152 valence electrons. The van der Waals surface area contributed by atoms with E-state index in [1.807, 2.05) is 6.92 Å². The number of hydrogen-bond donors (Lipinski definition) is 2. The lowest BCUT2D eigenvalue weighted by molar-refractivity contribution is 0.102. The average molecular weight is 434 g/mol. The third-order valence-corrected chi connectivity index (χ3v) is 6.39. The van der Waals surface area contributed by atoms with Gasteiger partial charge in [0.15, 0.2) is 0 Å². The molecule has 0 spiro atoms. The van der Waals surface area contributed by atoms with Crippen LogP contribution in [0, 0.1) is 6.92 Å². The molecule has 1 amide bonds. The Morgan fingerprint density at radius 2 is 1.76 bits per heavy atom. The van der Waals surface area contributed by atoms with Crippen LogP contribution in [0.25, 0.3) is 0 Å². The van der Waals surface area contributed by atoms with Crippen molar-refractivity contribution in [3.8, 4) is 11.5 Å². The molecule has 0 bridgehead atoms. The van der Waals surface area contributed by atoms with E-state index in [1.54, 1.807) is 36.4 Å². The molecule has 11 heteroatoms. The number of carbonyl (C=O) groups excluding carboxylic acids is 1. The van der Waals surface area contributed by atoms with Gasteiger partial charge in [-0.1, -0.05) is 29.0 Å². The maximum Gasteiger partial charge on any atom is 0.291 e. The first-order valence-electron chi connectivity index (χ1n) is 8.29. The van der Waals surface area contributed by atoms with Gasteiger partial charge in [0.2, 0.25) is 5.13 Å². The molecule has 0 atom stereocenters. The number of aryl methyl sites for hydroxylation is 1. The molecule has 2 N–H and O–H groups in total. The van der Waals surface area contributed by atoms with Crippen molar-refractivity contribution in [2.24, 2.45) is 0 Å². The molecule has 0 radical (unpaired) electrons. The molecule has 0 fully saturated rings. The zero-order valence-corrected chi connectivity index (χ0v) is 17.4. The fourth-order valence-corrected chi connectivity index (χ4v) is 4.28. The second kappa shape index (κ2) is 8.45. The first kappa shape index (κ1) is 20.6. The van der Waals surface area contributed by atoms with Gasteiger partial charge in [-0.25, -0.2) is 0 Å². The zero-order chi connectivity index (χ0) is 21.0. The van der Waals surface area contributed by atoms with Gasteiger partial charge in [-0.05, 0) is 31.2 Å². The van der Waals surface area contributed by atoms with Crippen molar-refractivity contribution in [3.05, 3.63) is 53.6 Å². The molecule has 0 unspecified atom stereocenters. The van der Waals surface area contributed by atoms with Crippen molar-refractivity contribution in [3.63, 3.8) is 0 Å². The lowest BCUT2D eigenvalue weighted by Crippen LogP contribution is -2.13. The van der Waals surface area contributed by atoms with E-state index in [0.29, 0.717) is 17.1 Å². The number of ether oxygens (including phenoxy) is 2. The number of amides is 1. The maximum absolute atomic E-state index is 12.7. The van der Waals surface area contributed by atoms with Gasteiger partial charge >= 0.3 is 0 Å². The van der Waals surface area contributed by atoms with Gasteiger partial charge in [-0.2, -0.15) is 8.42 Å². The van der Waals surface area contributed by atoms with Crippen LogP contribution in [0.15, 0.2) is 46.8 Å². The average Bonchev–Trinajstić information content (AvgIpc) is 3.17. The number of anilines is 2. The molecule has 1 heterocycles. The van der Waals surface area contributed by atoms with Gasteiger partial charge in [-0.15, -0.1) is 10.2 Å². The van der Waals surface area contributed by atoms with Crippen molar-refractivity contribution in [1.29, 1.82) is 0 Å². The maximum atomic E-state index is 12.7. The normalized spacial score (nSPS) is 11.0. The Kier molecular flexibility index (Phi) is 5.99. The minimum Gasteiger partial charge on any atom is -0.497 e. The molecule has 2 aromatic carbocycles. The molecule has 3 rings (SSSR count). The van der Waals surface area contributed by atoms with Gasteiger partial charge in [0, 0.05) is 11.6 Å². The third-order valence-electron chi connectivity index (χ3n) is 3.82. The zero-order valence-electron chi connectivity index (χ0n) is 15.8. The SMILES string of the molecule is COc1ccc(OC)c(NS(=O)(=O)c2nnc(NC(=O)c3ccc(C)cc3)s2)c1. The highest BCUT2D eigenvalue weighted by Gasteiger charge is 2.23. The Morgan fingerprint density at radius 3 is 2.41 bits per heavy atom. The van der Waals surface area contributed by atoms with E-state index in [0.717, 1.165) is 16.9 Å². The number of rotatable bonds is 7. The predicted octanol–water partition coefficient (Wildman–Crippen LogP) is 2.92. The summed E-state index contributed by atoms with van der Waals surface area (Å²) < 4.78 is 37.7. The highest BCUT2D eigenvalue weighted by atomic mass is 32.2. The second-order valence-electron chi connectivity index (χ2n) is 5.86. The first-order valence-corrected chi connectivity index (χ1v) is 10.6. The number of nitrogens with one attached hydrogen (secondary N) is 2. The molecule has 3 aromatic rings. The molecule has 0 aliphatic heterocycles. The van der Waals surface area contributed by atoms with E-state index in [4.69, 9.17) is 9.47 Å². The number of carbonyl (C=O) groups is 1. The molecule has 9 nitrogen and oxygen atoms in total. The molecular weight excluding hydrogens is 416 g/mol. The second-order valence-corrected chi connectivity index (χ2v) is 8.70. The summed E-state index contributed by atoms with van der Waals surface area (Å²) in [6.07, 6.45) is 0. The summed E-state index contributed by atoms with van der Waals surface area (Å²) >= 11 is 0.732. The Morgan fingerprint density at radius 1 is 1.03 bits per heavy atom. The van der Waals surface area contributed by atoms with Crippen LogP contribution >= 0.6 is 11.3 Å². The first-order chi connectivity index (χ1) is 13.8. The Bertz CT molecular complexity index is 1130. The number of aromatic nitrogens is 2. The number of benzene rings is 2. The van der Waals surface area contributed by atoms with Crippen LogP contribution in [-0.4, -0.2) is 38.7 Å². The summed E-state index contributed by atoms with van der Waals surface area (Å²) in [6.45, 7) is 1.91. The van der Waals surface area contributed by atoms with Crippen LogP contribution in [0.4, 0.5) is 10.8 Å². The van der Waals surface area contributed by atoms with E-state index >= 15 is 0 Å². The molecule has 1 aromatic heterocycles. The fraction of sp³-hybridized carbons (Fsp3) is 0.167. The standard InChI is InChI=1S/C18H18N4O5S2/c1-11-4-6-12(7-5-11)16(23)19-17-20-21-18(28-17)29(24,25)22-14-10-13(26-2)8-9-15(14)27-3/h4-10,22H,1-3H3,(H,19,20,23). The van der Waals surface area contributed by atoms with Gasteiger partial charge in [-0.3, -0.25) is 14.8 Å². The molecule has 29 heavy (non-hydrogen) atoms. The lowest BCUT2D eigenvalue weighted by Gasteiger charge is -2.11. The van der Waals surface area contributed by atoms with Crippen LogP contribution in [-0.2, 0) is 10.0 Å². The summed E-state index contributed by atoms with van der Waals surface area (Å²) in [6, 6.07) is 11.6. The minimum absolute atomic E-state index is 0.0635. The van der Waals surface area contributed by atoms with Crippen molar-refractivity contribution in [2.45, 2.75) is 11.3 Å².